The number of amides is 2. The Labute approximate surface area is 147 Å². The molecule has 2 aliphatic rings. The maximum atomic E-state index is 12.5. The number of likely N-dealkylation sites (tertiary alicyclic amines) is 1. The van der Waals surface area contributed by atoms with Crippen molar-refractivity contribution < 1.29 is 23.5 Å². The van der Waals surface area contributed by atoms with Gasteiger partial charge in [-0.3, -0.25) is 9.59 Å². The Balaban J connectivity index is 1.49. The molecular weight excluding hydrogens is 324 g/mol. The van der Waals surface area contributed by atoms with E-state index in [0.717, 1.165) is 6.42 Å². The Kier molecular flexibility index (Phi) is 5.75. The highest BCUT2D eigenvalue weighted by molar-refractivity contribution is 5.94. The molecule has 0 saturated carbocycles. The van der Waals surface area contributed by atoms with Crippen LogP contribution in [-0.2, 0) is 14.3 Å². The lowest BCUT2D eigenvalue weighted by molar-refractivity contribution is -0.187. The zero-order valence-electron chi connectivity index (χ0n) is 14.7. The van der Waals surface area contributed by atoms with E-state index in [1.54, 1.807) is 11.0 Å². The Bertz CT molecular complexity index is 570. The highest BCUT2D eigenvalue weighted by atomic mass is 16.7. The van der Waals surface area contributed by atoms with Crippen LogP contribution >= 0.6 is 0 Å². The average molecular weight is 350 g/mol. The molecule has 7 heteroatoms. The van der Waals surface area contributed by atoms with Crippen LogP contribution in [0.5, 0.6) is 0 Å². The van der Waals surface area contributed by atoms with E-state index in [-0.39, 0.29) is 11.8 Å². The second-order valence-electron chi connectivity index (χ2n) is 6.54. The summed E-state index contributed by atoms with van der Waals surface area (Å²) in [5.74, 6) is -0.481. The summed E-state index contributed by atoms with van der Waals surface area (Å²) in [4.78, 5) is 28.5. The molecule has 0 N–H and O–H groups in total. The van der Waals surface area contributed by atoms with Crippen molar-refractivity contribution in [1.29, 1.82) is 0 Å². The van der Waals surface area contributed by atoms with Crippen LogP contribution in [0, 0.1) is 0 Å². The van der Waals surface area contributed by atoms with Gasteiger partial charge in [0.25, 0.3) is 5.91 Å². The molecule has 2 fully saturated rings. The predicted octanol–water partition coefficient (Wildman–Crippen LogP) is 1.89. The number of carbonyl (C=O) groups excluding carboxylic acids is 2. The van der Waals surface area contributed by atoms with Gasteiger partial charge in [-0.05, 0) is 12.5 Å². The largest absolute Gasteiger partial charge is 0.472 e. The second-order valence-corrected chi connectivity index (χ2v) is 6.54. The predicted molar refractivity (Wildman–Crippen MR) is 90.0 cm³/mol. The lowest BCUT2D eigenvalue weighted by Crippen LogP contribution is -2.48. The maximum absolute atomic E-state index is 12.5. The van der Waals surface area contributed by atoms with Gasteiger partial charge < -0.3 is 23.7 Å². The van der Waals surface area contributed by atoms with Gasteiger partial charge in [-0.1, -0.05) is 6.92 Å². The highest BCUT2D eigenvalue weighted by Gasteiger charge is 2.40. The van der Waals surface area contributed by atoms with Gasteiger partial charge in [-0.25, -0.2) is 0 Å². The number of hydrogen-bond donors (Lipinski definition) is 0. The van der Waals surface area contributed by atoms with Crippen molar-refractivity contribution in [2.75, 3.05) is 39.4 Å². The highest BCUT2D eigenvalue weighted by Crippen LogP contribution is 2.31. The standard InChI is InChI=1S/C18H26N2O5/c1-2-7-20(17(22)15-4-11-23-14-15)8-3-16(21)19-9-5-18(6-10-19)24-12-13-25-18/h4,11,14H,2-3,5-10,12-13H2,1H3. The Hall–Kier alpha value is -1.86. The average Bonchev–Trinajstić information content (AvgIpc) is 3.31. The molecule has 25 heavy (non-hydrogen) atoms. The van der Waals surface area contributed by atoms with Crippen molar-refractivity contribution in [3.63, 3.8) is 0 Å². The van der Waals surface area contributed by atoms with E-state index in [1.807, 2.05) is 11.8 Å². The van der Waals surface area contributed by atoms with Crippen molar-refractivity contribution in [2.24, 2.45) is 0 Å². The summed E-state index contributed by atoms with van der Waals surface area (Å²) in [7, 11) is 0. The van der Waals surface area contributed by atoms with Gasteiger partial charge in [0, 0.05) is 45.4 Å². The van der Waals surface area contributed by atoms with Gasteiger partial charge in [0.1, 0.15) is 6.26 Å². The smallest absolute Gasteiger partial charge is 0.257 e. The molecule has 138 valence electrons. The van der Waals surface area contributed by atoms with E-state index in [9.17, 15) is 9.59 Å². The number of ether oxygens (including phenoxy) is 2. The van der Waals surface area contributed by atoms with Crippen molar-refractivity contribution >= 4 is 11.8 Å². The fraction of sp³-hybridized carbons (Fsp3) is 0.667. The first-order valence-electron chi connectivity index (χ1n) is 9.01. The molecule has 1 spiro atoms. The third-order valence-corrected chi connectivity index (χ3v) is 4.84. The second kappa shape index (κ2) is 8.01. The summed E-state index contributed by atoms with van der Waals surface area (Å²) in [6.07, 6.45) is 5.53. The summed E-state index contributed by atoms with van der Waals surface area (Å²) in [6.45, 7) is 5.62. The van der Waals surface area contributed by atoms with Crippen molar-refractivity contribution in [2.45, 2.75) is 38.4 Å². The first kappa shape index (κ1) is 17.9. The SMILES string of the molecule is CCCN(CCC(=O)N1CCC2(CC1)OCCO2)C(=O)c1ccoc1. The number of rotatable bonds is 6. The monoisotopic (exact) mass is 350 g/mol. The van der Waals surface area contributed by atoms with E-state index >= 15 is 0 Å². The lowest BCUT2D eigenvalue weighted by atomic mass is 10.0. The summed E-state index contributed by atoms with van der Waals surface area (Å²) in [5, 5.41) is 0. The van der Waals surface area contributed by atoms with E-state index in [1.165, 1.54) is 12.5 Å². The molecule has 2 amide bonds. The summed E-state index contributed by atoms with van der Waals surface area (Å²) in [5.41, 5.74) is 0.524. The first-order valence-corrected chi connectivity index (χ1v) is 9.01. The van der Waals surface area contributed by atoms with Crippen LogP contribution in [0.15, 0.2) is 23.0 Å². The van der Waals surface area contributed by atoms with Crippen LogP contribution in [0.4, 0.5) is 0 Å². The Morgan fingerprint density at radius 1 is 1.20 bits per heavy atom. The molecule has 0 unspecified atom stereocenters. The lowest BCUT2D eigenvalue weighted by Gasteiger charge is -2.37. The van der Waals surface area contributed by atoms with Gasteiger partial charge >= 0.3 is 0 Å². The zero-order valence-corrected chi connectivity index (χ0v) is 14.7. The van der Waals surface area contributed by atoms with Crippen LogP contribution in [-0.4, -0.2) is 66.8 Å². The number of hydrogen-bond acceptors (Lipinski definition) is 5. The van der Waals surface area contributed by atoms with Gasteiger partial charge in [-0.2, -0.15) is 0 Å². The summed E-state index contributed by atoms with van der Waals surface area (Å²) < 4.78 is 16.4. The molecule has 0 radical (unpaired) electrons. The summed E-state index contributed by atoms with van der Waals surface area (Å²) >= 11 is 0. The van der Waals surface area contributed by atoms with Gasteiger partial charge in [0.2, 0.25) is 5.91 Å². The van der Waals surface area contributed by atoms with Gasteiger partial charge in [0.15, 0.2) is 5.79 Å². The van der Waals surface area contributed by atoms with Crippen LogP contribution in [0.1, 0.15) is 43.0 Å². The van der Waals surface area contributed by atoms with E-state index < -0.39 is 5.79 Å². The number of nitrogens with zero attached hydrogens (tertiary/aromatic N) is 2. The molecule has 0 atom stereocenters. The fourth-order valence-corrected chi connectivity index (χ4v) is 3.42. The Morgan fingerprint density at radius 2 is 1.92 bits per heavy atom. The molecule has 3 rings (SSSR count). The maximum Gasteiger partial charge on any atom is 0.257 e. The van der Waals surface area contributed by atoms with Gasteiger partial charge in [0.05, 0.1) is 25.0 Å². The molecule has 7 nitrogen and oxygen atoms in total. The van der Waals surface area contributed by atoms with Gasteiger partial charge in [-0.15, -0.1) is 0 Å². The van der Waals surface area contributed by atoms with Crippen LogP contribution in [0.3, 0.4) is 0 Å². The van der Waals surface area contributed by atoms with E-state index in [0.29, 0.717) is 64.2 Å². The zero-order chi connectivity index (χ0) is 17.7. The van der Waals surface area contributed by atoms with Crippen molar-refractivity contribution in [1.82, 2.24) is 9.80 Å². The minimum absolute atomic E-state index is 0.0777. The van der Waals surface area contributed by atoms with Crippen molar-refractivity contribution in [3.8, 4) is 0 Å². The minimum Gasteiger partial charge on any atom is -0.472 e. The fourth-order valence-electron chi connectivity index (χ4n) is 3.42. The normalized spacial score (nSPS) is 19.3. The number of piperidine rings is 1. The summed E-state index contributed by atoms with van der Waals surface area (Å²) in [6, 6.07) is 1.65. The molecule has 0 aliphatic carbocycles. The van der Waals surface area contributed by atoms with Crippen LogP contribution in [0.2, 0.25) is 0 Å². The molecule has 0 aromatic carbocycles. The molecule has 2 saturated heterocycles. The van der Waals surface area contributed by atoms with E-state index in [2.05, 4.69) is 0 Å². The molecule has 1 aromatic rings. The molecule has 2 aliphatic heterocycles. The number of carbonyl (C=O) groups is 2. The quantitative estimate of drug-likeness (QED) is 0.783. The topological polar surface area (TPSA) is 72.2 Å². The third kappa shape index (κ3) is 4.22. The first-order chi connectivity index (χ1) is 12.1. The molecule has 0 bridgehead atoms. The van der Waals surface area contributed by atoms with E-state index in [4.69, 9.17) is 13.9 Å². The molecular formula is C18H26N2O5. The van der Waals surface area contributed by atoms with Crippen molar-refractivity contribution in [3.05, 3.63) is 24.2 Å². The third-order valence-electron chi connectivity index (χ3n) is 4.84. The molecule has 3 heterocycles. The molecule has 1 aromatic heterocycles. The van der Waals surface area contributed by atoms with Crippen LogP contribution in [0.25, 0.3) is 0 Å². The minimum atomic E-state index is -0.470. The Morgan fingerprint density at radius 3 is 2.52 bits per heavy atom. The number of furan rings is 1. The van der Waals surface area contributed by atoms with Crippen LogP contribution < -0.4 is 0 Å².